The van der Waals surface area contributed by atoms with E-state index in [9.17, 15) is 14.4 Å². The van der Waals surface area contributed by atoms with Gasteiger partial charge in [-0.15, -0.1) is 17.9 Å². The number of nitrogens with one attached hydrogen (secondary N) is 1. The highest BCUT2D eigenvalue weighted by Gasteiger charge is 2.24. The summed E-state index contributed by atoms with van der Waals surface area (Å²) in [5, 5.41) is 2.67. The van der Waals surface area contributed by atoms with E-state index in [4.69, 9.17) is 4.98 Å². The number of rotatable bonds is 5. The van der Waals surface area contributed by atoms with Crippen LogP contribution in [-0.2, 0) is 28.9 Å². The maximum Gasteiger partial charge on any atom is 0.413 e. The Morgan fingerprint density at radius 1 is 1.39 bits per heavy atom. The van der Waals surface area contributed by atoms with Gasteiger partial charge in [0.15, 0.2) is 5.16 Å². The van der Waals surface area contributed by atoms with E-state index in [0.717, 1.165) is 47.8 Å². The Labute approximate surface area is 171 Å². The number of methoxy groups -OCH3 is 1. The molecule has 9 heteroatoms. The van der Waals surface area contributed by atoms with Crippen molar-refractivity contribution < 1.29 is 14.3 Å². The molecule has 0 spiro atoms. The molecule has 0 aromatic carbocycles. The second-order valence-electron chi connectivity index (χ2n) is 6.58. The fourth-order valence-corrected chi connectivity index (χ4v) is 5.46. The van der Waals surface area contributed by atoms with Gasteiger partial charge in [-0.05, 0) is 38.2 Å². The van der Waals surface area contributed by atoms with E-state index in [1.807, 2.05) is 0 Å². The maximum absolute atomic E-state index is 13.3. The van der Waals surface area contributed by atoms with Crippen LogP contribution in [-0.4, -0.2) is 33.9 Å². The van der Waals surface area contributed by atoms with Crippen molar-refractivity contribution in [2.75, 3.05) is 7.11 Å². The third kappa shape index (κ3) is 4.15. The van der Waals surface area contributed by atoms with Gasteiger partial charge in [-0.25, -0.2) is 9.78 Å². The Hall–Kier alpha value is -2.13. The normalized spacial score (nSPS) is 14.8. The molecule has 1 aliphatic carbocycles. The van der Waals surface area contributed by atoms with Gasteiger partial charge >= 0.3 is 6.09 Å². The lowest BCUT2D eigenvalue weighted by atomic mass is 10.1. The van der Waals surface area contributed by atoms with Gasteiger partial charge in [0.1, 0.15) is 4.83 Å². The third-order valence-electron chi connectivity index (χ3n) is 4.66. The van der Waals surface area contributed by atoms with Crippen LogP contribution in [0.3, 0.4) is 0 Å². The first kappa shape index (κ1) is 20.6. The summed E-state index contributed by atoms with van der Waals surface area (Å²) in [6, 6.07) is 0. The van der Waals surface area contributed by atoms with Crippen LogP contribution < -0.4 is 10.9 Å². The number of carbonyl (C=O) groups excluding carboxylic acids is 2. The molecule has 3 rings (SSSR count). The lowest BCUT2D eigenvalue weighted by Crippen LogP contribution is -2.36. The van der Waals surface area contributed by atoms with Crippen molar-refractivity contribution in [3.05, 3.63) is 33.4 Å². The minimum Gasteiger partial charge on any atom is -0.453 e. The molecule has 0 unspecified atom stereocenters. The number of thioether (sulfide) groups is 1. The summed E-state index contributed by atoms with van der Waals surface area (Å²) >= 11 is 2.72. The van der Waals surface area contributed by atoms with Crippen LogP contribution in [0.15, 0.2) is 22.6 Å². The van der Waals surface area contributed by atoms with Crippen molar-refractivity contribution in [2.45, 2.75) is 56.0 Å². The van der Waals surface area contributed by atoms with Gasteiger partial charge in [0, 0.05) is 11.4 Å². The standard InChI is InChI=1S/C19H23N3O4S2/c1-4-10-22-17(24)14-12-8-6-5-7-9-13(12)28-16(14)21-18(22)27-11(2)15(23)20-19(25)26-3/h4,11H,1,5-10H2,2-3H3,(H,20,23,25)/t11-/m1/s1. The Kier molecular flexibility index (Phi) is 6.56. The molecule has 2 amide bonds. The highest BCUT2D eigenvalue weighted by molar-refractivity contribution is 8.00. The van der Waals surface area contributed by atoms with Gasteiger partial charge in [-0.1, -0.05) is 24.3 Å². The summed E-state index contributed by atoms with van der Waals surface area (Å²) in [4.78, 5) is 43.4. The lowest BCUT2D eigenvalue weighted by Gasteiger charge is -2.14. The zero-order valence-corrected chi connectivity index (χ0v) is 17.6. The number of alkyl carbamates (subject to hydrolysis) is 1. The molecular weight excluding hydrogens is 398 g/mol. The van der Waals surface area contributed by atoms with Gasteiger partial charge in [0.2, 0.25) is 5.91 Å². The number of nitrogens with zero attached hydrogens (tertiary/aromatic N) is 2. The van der Waals surface area contributed by atoms with Gasteiger partial charge < -0.3 is 4.74 Å². The molecule has 2 aromatic heterocycles. The number of aromatic nitrogens is 2. The van der Waals surface area contributed by atoms with Crippen LogP contribution in [0, 0.1) is 0 Å². The van der Waals surface area contributed by atoms with E-state index >= 15 is 0 Å². The number of carbonyl (C=O) groups is 2. The second kappa shape index (κ2) is 8.91. The SMILES string of the molecule is C=CCn1c(S[C@H](C)C(=O)NC(=O)OC)nc2sc3c(c2c1=O)CCCCC3. The molecule has 0 saturated heterocycles. The number of hydrogen-bond donors (Lipinski definition) is 1. The van der Waals surface area contributed by atoms with Crippen LogP contribution in [0.2, 0.25) is 0 Å². The van der Waals surface area contributed by atoms with Crippen LogP contribution in [0.1, 0.15) is 36.6 Å². The maximum atomic E-state index is 13.3. The van der Waals surface area contributed by atoms with E-state index in [2.05, 4.69) is 16.6 Å². The average Bonchev–Trinajstić information content (AvgIpc) is 2.85. The molecule has 0 saturated carbocycles. The third-order valence-corrected chi connectivity index (χ3v) is 6.94. The predicted octanol–water partition coefficient (Wildman–Crippen LogP) is 3.28. The number of ether oxygens (including phenoxy) is 1. The van der Waals surface area contributed by atoms with E-state index in [1.165, 1.54) is 18.4 Å². The zero-order chi connectivity index (χ0) is 20.3. The Bertz CT molecular complexity index is 980. The van der Waals surface area contributed by atoms with Gasteiger partial charge in [0.05, 0.1) is 17.7 Å². The Morgan fingerprint density at radius 2 is 2.14 bits per heavy atom. The minimum atomic E-state index is -0.814. The number of hydrogen-bond acceptors (Lipinski definition) is 7. The molecule has 0 fully saturated rings. The first-order valence-corrected chi connectivity index (χ1v) is 10.9. The monoisotopic (exact) mass is 421 g/mol. The molecule has 1 atom stereocenters. The smallest absolute Gasteiger partial charge is 0.413 e. The molecule has 1 aliphatic rings. The van der Waals surface area contributed by atoms with Crippen LogP contribution in [0.5, 0.6) is 0 Å². The molecule has 7 nitrogen and oxygen atoms in total. The van der Waals surface area contributed by atoms with E-state index < -0.39 is 17.3 Å². The fraction of sp³-hybridized carbons (Fsp3) is 0.474. The largest absolute Gasteiger partial charge is 0.453 e. The number of aryl methyl sites for hydroxylation is 2. The number of thiophene rings is 1. The van der Waals surface area contributed by atoms with E-state index in [1.54, 1.807) is 28.9 Å². The molecule has 2 aromatic rings. The van der Waals surface area contributed by atoms with Crippen molar-refractivity contribution >= 4 is 45.3 Å². The molecule has 0 aliphatic heterocycles. The van der Waals surface area contributed by atoms with Gasteiger partial charge in [0.25, 0.3) is 5.56 Å². The van der Waals surface area contributed by atoms with Crippen molar-refractivity contribution in [3.63, 3.8) is 0 Å². The Morgan fingerprint density at radius 3 is 2.86 bits per heavy atom. The van der Waals surface area contributed by atoms with Crippen LogP contribution in [0.4, 0.5) is 4.79 Å². The topological polar surface area (TPSA) is 90.3 Å². The first-order chi connectivity index (χ1) is 13.5. The second-order valence-corrected chi connectivity index (χ2v) is 8.98. The van der Waals surface area contributed by atoms with Crippen molar-refractivity contribution in [2.24, 2.45) is 0 Å². The van der Waals surface area contributed by atoms with Gasteiger partial charge in [-0.2, -0.15) is 0 Å². The fourth-order valence-electron chi connectivity index (χ4n) is 3.24. The zero-order valence-electron chi connectivity index (χ0n) is 15.9. The number of imide groups is 1. The van der Waals surface area contributed by atoms with E-state index in [0.29, 0.717) is 17.1 Å². The molecule has 1 N–H and O–H groups in total. The van der Waals surface area contributed by atoms with Gasteiger partial charge in [-0.3, -0.25) is 19.5 Å². The quantitative estimate of drug-likeness (QED) is 0.345. The average molecular weight is 422 g/mol. The number of fused-ring (bicyclic) bond motifs is 3. The highest BCUT2D eigenvalue weighted by atomic mass is 32.2. The molecule has 0 radical (unpaired) electrons. The number of allylic oxidation sites excluding steroid dienone is 1. The molecule has 28 heavy (non-hydrogen) atoms. The minimum absolute atomic E-state index is 0.0904. The van der Waals surface area contributed by atoms with E-state index in [-0.39, 0.29) is 5.56 Å². The van der Waals surface area contributed by atoms with Crippen molar-refractivity contribution in [1.29, 1.82) is 0 Å². The van der Waals surface area contributed by atoms with Crippen LogP contribution >= 0.6 is 23.1 Å². The molecular formula is C19H23N3O4S2. The molecule has 2 heterocycles. The van der Waals surface area contributed by atoms with Crippen molar-refractivity contribution in [3.8, 4) is 0 Å². The Balaban J connectivity index is 2.01. The molecule has 0 bridgehead atoms. The summed E-state index contributed by atoms with van der Waals surface area (Å²) in [6.07, 6.45) is 6.11. The summed E-state index contributed by atoms with van der Waals surface area (Å²) in [7, 11) is 1.19. The van der Waals surface area contributed by atoms with Crippen molar-refractivity contribution in [1.82, 2.24) is 14.9 Å². The summed E-state index contributed by atoms with van der Waals surface area (Å²) < 4.78 is 6.01. The predicted molar refractivity (Wildman–Crippen MR) is 111 cm³/mol. The molecule has 150 valence electrons. The van der Waals surface area contributed by atoms with Crippen LogP contribution in [0.25, 0.3) is 10.2 Å². The highest BCUT2D eigenvalue weighted by Crippen LogP contribution is 2.34. The summed E-state index contributed by atoms with van der Waals surface area (Å²) in [5.74, 6) is -0.502. The number of amides is 2. The lowest BCUT2D eigenvalue weighted by molar-refractivity contribution is -0.119. The summed E-state index contributed by atoms with van der Waals surface area (Å²) in [5.41, 5.74) is 1.05. The summed E-state index contributed by atoms with van der Waals surface area (Å²) in [6.45, 7) is 5.70. The first-order valence-electron chi connectivity index (χ1n) is 9.17.